The van der Waals surface area contributed by atoms with Gasteiger partial charge in [-0.3, -0.25) is 4.79 Å². The molecular formula is C9H9NOS. The van der Waals surface area contributed by atoms with Crippen molar-refractivity contribution in [1.82, 2.24) is 4.37 Å². The van der Waals surface area contributed by atoms with E-state index in [-0.39, 0.29) is 5.78 Å². The third-order valence-corrected chi connectivity index (χ3v) is 2.88. The van der Waals surface area contributed by atoms with Gasteiger partial charge in [-0.25, -0.2) is 0 Å². The summed E-state index contributed by atoms with van der Waals surface area (Å²) in [7, 11) is 0. The molecule has 0 bridgehead atoms. The predicted molar refractivity (Wildman–Crippen MR) is 49.1 cm³/mol. The first kappa shape index (κ1) is 7.68. The smallest absolute Gasteiger partial charge is 0.156 e. The minimum atomic E-state index is 0.246. The van der Waals surface area contributed by atoms with E-state index in [4.69, 9.17) is 0 Å². The average molecular weight is 179 g/mol. The molecule has 1 aliphatic rings. The summed E-state index contributed by atoms with van der Waals surface area (Å²) in [6.07, 6.45) is 3.31. The second kappa shape index (κ2) is 2.83. The Balaban J connectivity index is 2.32. The van der Waals surface area contributed by atoms with Crippen LogP contribution >= 0.6 is 11.5 Å². The average Bonchev–Trinajstić information content (AvgIpc) is 2.58. The van der Waals surface area contributed by atoms with Crippen LogP contribution < -0.4 is 0 Å². The number of rotatable bonds is 1. The largest absolute Gasteiger partial charge is 0.295 e. The Labute approximate surface area is 75.1 Å². The van der Waals surface area contributed by atoms with Crippen LogP contribution in [0.3, 0.4) is 0 Å². The molecule has 1 aromatic rings. The maximum atomic E-state index is 10.9. The zero-order chi connectivity index (χ0) is 8.55. The fourth-order valence-corrected chi connectivity index (χ4v) is 2.10. The molecule has 62 valence electrons. The summed E-state index contributed by atoms with van der Waals surface area (Å²) in [4.78, 5) is 12.1. The monoisotopic (exact) mass is 179 g/mol. The number of carbonyl (C=O) groups excluding carboxylic acids is 1. The number of hydrogen-bond acceptors (Lipinski definition) is 3. The molecule has 2 nitrogen and oxygen atoms in total. The lowest BCUT2D eigenvalue weighted by Gasteiger charge is -1.91. The first-order chi connectivity index (χ1) is 5.75. The fourth-order valence-electron chi connectivity index (χ4n) is 1.31. The Bertz CT molecular complexity index is 351. The van der Waals surface area contributed by atoms with Gasteiger partial charge in [0.15, 0.2) is 5.78 Å². The van der Waals surface area contributed by atoms with Crippen LogP contribution in [0.5, 0.6) is 0 Å². The van der Waals surface area contributed by atoms with Crippen molar-refractivity contribution < 1.29 is 4.79 Å². The Kier molecular flexibility index (Phi) is 1.81. The lowest BCUT2D eigenvalue weighted by atomic mass is 10.2. The topological polar surface area (TPSA) is 30.0 Å². The minimum Gasteiger partial charge on any atom is -0.295 e. The molecule has 1 aliphatic carbocycles. The van der Waals surface area contributed by atoms with Crippen LogP contribution in [0.25, 0.3) is 5.57 Å². The van der Waals surface area contributed by atoms with Crippen molar-refractivity contribution in [3.63, 3.8) is 0 Å². The van der Waals surface area contributed by atoms with E-state index < -0.39 is 0 Å². The quantitative estimate of drug-likeness (QED) is 0.661. The number of ketones is 1. The number of allylic oxidation sites excluding steroid dienone is 2. The molecule has 3 heteroatoms. The predicted octanol–water partition coefficient (Wildman–Crippen LogP) is 2.20. The van der Waals surface area contributed by atoms with Crippen molar-refractivity contribution in [2.45, 2.75) is 19.8 Å². The van der Waals surface area contributed by atoms with Gasteiger partial charge in [0, 0.05) is 6.42 Å². The standard InChI is InChI=1S/C9H9NOS/c1-6-4-9(12-10-6)7-2-3-8(11)5-7/h4-5H,2-3H2,1H3. The highest BCUT2D eigenvalue weighted by Gasteiger charge is 2.14. The third kappa shape index (κ3) is 1.32. The molecule has 0 N–H and O–H groups in total. The van der Waals surface area contributed by atoms with Gasteiger partial charge < -0.3 is 0 Å². The lowest BCUT2D eigenvalue weighted by Crippen LogP contribution is -1.80. The van der Waals surface area contributed by atoms with Gasteiger partial charge in [0.1, 0.15) is 0 Å². The number of aryl methyl sites for hydroxylation is 1. The maximum Gasteiger partial charge on any atom is 0.156 e. The van der Waals surface area contributed by atoms with E-state index >= 15 is 0 Å². The number of carbonyl (C=O) groups is 1. The van der Waals surface area contributed by atoms with Crippen molar-refractivity contribution in [2.75, 3.05) is 0 Å². The summed E-state index contributed by atoms with van der Waals surface area (Å²) in [6.45, 7) is 1.97. The van der Waals surface area contributed by atoms with Crippen molar-refractivity contribution in [3.05, 3.63) is 22.7 Å². The van der Waals surface area contributed by atoms with Gasteiger partial charge in [-0.15, -0.1) is 0 Å². The number of hydrogen-bond donors (Lipinski definition) is 0. The molecule has 0 spiro atoms. The lowest BCUT2D eigenvalue weighted by molar-refractivity contribution is -0.114. The van der Waals surface area contributed by atoms with Crippen LogP contribution in [-0.4, -0.2) is 10.2 Å². The van der Waals surface area contributed by atoms with E-state index in [9.17, 15) is 4.79 Å². The molecule has 0 radical (unpaired) electrons. The Morgan fingerprint density at radius 1 is 1.50 bits per heavy atom. The molecule has 0 saturated carbocycles. The molecule has 1 heterocycles. The summed E-state index contributed by atoms with van der Waals surface area (Å²) in [6, 6.07) is 2.04. The molecule has 0 amide bonds. The van der Waals surface area contributed by atoms with Gasteiger partial charge in [-0.1, -0.05) is 0 Å². The van der Waals surface area contributed by atoms with Crippen LogP contribution in [0.4, 0.5) is 0 Å². The Morgan fingerprint density at radius 2 is 2.33 bits per heavy atom. The molecule has 1 aromatic heterocycles. The molecule has 2 rings (SSSR count). The molecule has 0 atom stereocenters. The molecule has 0 fully saturated rings. The van der Waals surface area contributed by atoms with Crippen LogP contribution in [0.2, 0.25) is 0 Å². The van der Waals surface area contributed by atoms with E-state index in [1.54, 1.807) is 6.08 Å². The van der Waals surface area contributed by atoms with Crippen molar-refractivity contribution >= 4 is 22.9 Å². The highest BCUT2D eigenvalue weighted by molar-refractivity contribution is 7.07. The first-order valence-corrected chi connectivity index (χ1v) is 4.70. The summed E-state index contributed by atoms with van der Waals surface area (Å²) in [5.74, 6) is 0.246. The van der Waals surface area contributed by atoms with E-state index in [1.165, 1.54) is 11.5 Å². The van der Waals surface area contributed by atoms with Crippen LogP contribution in [0, 0.1) is 6.92 Å². The van der Waals surface area contributed by atoms with Crippen LogP contribution in [-0.2, 0) is 4.79 Å². The summed E-state index contributed by atoms with van der Waals surface area (Å²) < 4.78 is 4.18. The highest BCUT2D eigenvalue weighted by Crippen LogP contribution is 2.28. The summed E-state index contributed by atoms with van der Waals surface area (Å²) >= 11 is 1.48. The molecule has 0 aromatic carbocycles. The third-order valence-electron chi connectivity index (χ3n) is 1.92. The second-order valence-electron chi connectivity index (χ2n) is 2.97. The van der Waals surface area contributed by atoms with Crippen molar-refractivity contribution in [2.24, 2.45) is 0 Å². The second-order valence-corrected chi connectivity index (χ2v) is 3.77. The van der Waals surface area contributed by atoms with Gasteiger partial charge in [-0.2, -0.15) is 4.37 Å². The van der Waals surface area contributed by atoms with Gasteiger partial charge >= 0.3 is 0 Å². The van der Waals surface area contributed by atoms with Gasteiger partial charge in [-0.05, 0) is 42.6 Å². The number of nitrogens with zero attached hydrogens (tertiary/aromatic N) is 1. The van der Waals surface area contributed by atoms with Gasteiger partial charge in [0.25, 0.3) is 0 Å². The zero-order valence-electron chi connectivity index (χ0n) is 6.83. The molecule has 12 heavy (non-hydrogen) atoms. The minimum absolute atomic E-state index is 0.246. The van der Waals surface area contributed by atoms with Crippen LogP contribution in [0.15, 0.2) is 12.1 Å². The fraction of sp³-hybridized carbons (Fsp3) is 0.333. The van der Waals surface area contributed by atoms with Crippen molar-refractivity contribution in [1.29, 1.82) is 0 Å². The van der Waals surface area contributed by atoms with E-state index in [0.717, 1.165) is 22.6 Å². The Hall–Kier alpha value is -0.960. The number of aromatic nitrogens is 1. The molecule has 0 saturated heterocycles. The van der Waals surface area contributed by atoms with Gasteiger partial charge in [0.2, 0.25) is 0 Å². The first-order valence-electron chi connectivity index (χ1n) is 3.93. The normalized spacial score (nSPS) is 16.8. The van der Waals surface area contributed by atoms with E-state index in [2.05, 4.69) is 4.37 Å². The summed E-state index contributed by atoms with van der Waals surface area (Å²) in [5, 5.41) is 0. The summed E-state index contributed by atoms with van der Waals surface area (Å²) in [5.41, 5.74) is 2.20. The van der Waals surface area contributed by atoms with Crippen molar-refractivity contribution in [3.8, 4) is 0 Å². The SMILES string of the molecule is Cc1cc(C2=CC(=O)CC2)sn1. The molecule has 0 aliphatic heterocycles. The van der Waals surface area contributed by atoms with Gasteiger partial charge in [0.05, 0.1) is 10.6 Å². The molecular weight excluding hydrogens is 170 g/mol. The van der Waals surface area contributed by atoms with Crippen LogP contribution in [0.1, 0.15) is 23.4 Å². The molecule has 0 unspecified atom stereocenters. The maximum absolute atomic E-state index is 10.9. The highest BCUT2D eigenvalue weighted by atomic mass is 32.1. The van der Waals surface area contributed by atoms with E-state index in [0.29, 0.717) is 6.42 Å². The van der Waals surface area contributed by atoms with E-state index in [1.807, 2.05) is 13.0 Å². The Morgan fingerprint density at radius 3 is 2.83 bits per heavy atom. The zero-order valence-corrected chi connectivity index (χ0v) is 7.65.